The summed E-state index contributed by atoms with van der Waals surface area (Å²) in [5.74, 6) is 0. The minimum absolute atomic E-state index is 0.787. The van der Waals surface area contributed by atoms with Crippen molar-refractivity contribution >= 4 is 27.0 Å². The maximum absolute atomic E-state index is 2.33. The number of rotatable bonds is 4. The molecular weight excluding hydrogens is 158 g/mol. The van der Waals surface area contributed by atoms with E-state index in [1.165, 1.54) is 6.42 Å². The molecule has 3 heteroatoms. The second kappa shape index (κ2) is 6.31. The van der Waals surface area contributed by atoms with E-state index < -0.39 is 0 Å². The maximum atomic E-state index is 2.33. The third-order valence-corrected chi connectivity index (χ3v) is 4.32. The van der Waals surface area contributed by atoms with Crippen LogP contribution in [-0.2, 0) is 0 Å². The number of hydrogen-bond donors (Lipinski definition) is 0. The molecule has 0 aliphatic rings. The first kappa shape index (κ1) is 10.6. The van der Waals surface area contributed by atoms with Crippen molar-refractivity contribution in [3.05, 3.63) is 11.5 Å². The van der Waals surface area contributed by atoms with E-state index in [0.717, 1.165) is 13.4 Å². The van der Waals surface area contributed by atoms with Gasteiger partial charge in [0, 0.05) is 0 Å². The Bertz CT molecular complexity index is 114. The van der Waals surface area contributed by atoms with Crippen LogP contribution < -0.4 is 0 Å². The first-order chi connectivity index (χ1) is 4.72. The summed E-state index contributed by atoms with van der Waals surface area (Å²) in [6.07, 6.45) is 5.68. The molecule has 0 fully saturated rings. The van der Waals surface area contributed by atoms with E-state index >= 15 is 0 Å². The zero-order valence-corrected chi connectivity index (χ0v) is 9.09. The van der Waals surface area contributed by atoms with Crippen molar-refractivity contribution in [3.63, 3.8) is 0 Å². The van der Waals surface area contributed by atoms with E-state index in [-0.39, 0.29) is 0 Å². The van der Waals surface area contributed by atoms with Crippen molar-refractivity contribution in [1.29, 1.82) is 0 Å². The molecule has 0 radical (unpaired) electrons. The van der Waals surface area contributed by atoms with Gasteiger partial charge in [0.2, 0.25) is 0 Å². The molecule has 10 heavy (non-hydrogen) atoms. The Morgan fingerprint density at radius 1 is 1.80 bits per heavy atom. The number of allylic oxidation sites excluding steroid dienone is 2. The molecule has 0 N–H and O–H groups in total. The van der Waals surface area contributed by atoms with Crippen LogP contribution in [0, 0.1) is 0 Å². The molecule has 0 saturated carbocycles. The fraction of sp³-hybridized carbons (Fsp3) is 0.714. The molecular formula is C7H16BPS. The van der Waals surface area contributed by atoms with Crippen LogP contribution in [0.5, 0.6) is 0 Å². The Labute approximate surface area is 71.2 Å². The highest BCUT2D eigenvalue weighted by atomic mass is 32.7. The lowest BCUT2D eigenvalue weighted by atomic mass is 9.92. The van der Waals surface area contributed by atoms with Crippen molar-refractivity contribution in [2.24, 2.45) is 0 Å². The van der Waals surface area contributed by atoms with E-state index in [0.29, 0.717) is 0 Å². The van der Waals surface area contributed by atoms with Gasteiger partial charge < -0.3 is 0 Å². The second-order valence-corrected chi connectivity index (χ2v) is 5.84. The van der Waals surface area contributed by atoms with Crippen molar-refractivity contribution in [3.8, 4) is 0 Å². The minimum atomic E-state index is 0.787. The smallest absolute Gasteiger partial charge is 0.134 e. The molecule has 0 rings (SSSR count). The van der Waals surface area contributed by atoms with Gasteiger partial charge in [0.25, 0.3) is 0 Å². The van der Waals surface area contributed by atoms with Gasteiger partial charge in [-0.15, -0.1) is 16.9 Å². The Balaban J connectivity index is 3.69. The third kappa shape index (κ3) is 4.41. The summed E-state index contributed by atoms with van der Waals surface area (Å²) in [6.45, 7) is 4.49. The SMILES string of the molecule is B/C(=C/CC)C(C)PSC. The molecule has 2 atom stereocenters. The van der Waals surface area contributed by atoms with Gasteiger partial charge >= 0.3 is 0 Å². The topological polar surface area (TPSA) is 0 Å². The van der Waals surface area contributed by atoms with Crippen LogP contribution in [0.25, 0.3) is 0 Å². The van der Waals surface area contributed by atoms with Crippen LogP contribution in [0.4, 0.5) is 0 Å². The van der Waals surface area contributed by atoms with Crippen LogP contribution in [0.15, 0.2) is 11.5 Å². The summed E-state index contributed by atoms with van der Waals surface area (Å²) in [6, 6.07) is 0. The molecule has 0 saturated heterocycles. The standard InChI is InChI=1S/C7H16BPS/c1-4-5-7(8)6(2)9-10-3/h5-6,9H,4,8H2,1-3H3/b7-5+. The van der Waals surface area contributed by atoms with Crippen molar-refractivity contribution in [1.82, 2.24) is 0 Å². The average Bonchev–Trinajstić information content (AvgIpc) is 1.89. The van der Waals surface area contributed by atoms with E-state index in [1.807, 2.05) is 11.4 Å². The quantitative estimate of drug-likeness (QED) is 0.465. The number of hydrogen-bond acceptors (Lipinski definition) is 1. The van der Waals surface area contributed by atoms with E-state index in [9.17, 15) is 0 Å². The van der Waals surface area contributed by atoms with E-state index in [4.69, 9.17) is 0 Å². The van der Waals surface area contributed by atoms with Gasteiger partial charge in [0.15, 0.2) is 0 Å². The summed E-state index contributed by atoms with van der Waals surface area (Å²) in [5, 5.41) is 0. The fourth-order valence-corrected chi connectivity index (χ4v) is 3.04. The van der Waals surface area contributed by atoms with Gasteiger partial charge in [-0.25, -0.2) is 0 Å². The summed E-state index contributed by atoms with van der Waals surface area (Å²) in [4.78, 5) is 0. The summed E-state index contributed by atoms with van der Waals surface area (Å²) >= 11 is 1.95. The van der Waals surface area contributed by atoms with Gasteiger partial charge in [-0.05, 0) is 18.3 Å². The van der Waals surface area contributed by atoms with Crippen LogP contribution in [0.3, 0.4) is 0 Å². The van der Waals surface area contributed by atoms with Crippen molar-refractivity contribution in [2.45, 2.75) is 25.9 Å². The molecule has 0 aromatic rings. The van der Waals surface area contributed by atoms with E-state index in [2.05, 4.69) is 34.0 Å². The van der Waals surface area contributed by atoms with Gasteiger partial charge in [-0.2, -0.15) is 0 Å². The molecule has 0 aromatic heterocycles. The molecule has 0 aliphatic carbocycles. The first-order valence-corrected chi connectivity index (χ1v) is 6.70. The molecule has 0 heterocycles. The average molecular weight is 174 g/mol. The Hall–Kier alpha value is 0.585. The largest absolute Gasteiger partial charge is 0.140 e. The maximum Gasteiger partial charge on any atom is 0.134 e. The Morgan fingerprint density at radius 3 is 2.80 bits per heavy atom. The predicted octanol–water partition coefficient (Wildman–Crippen LogP) is 2.26. The predicted molar refractivity (Wildman–Crippen MR) is 58.2 cm³/mol. The monoisotopic (exact) mass is 174 g/mol. The first-order valence-electron chi connectivity index (χ1n) is 3.67. The Kier molecular flexibility index (Phi) is 6.67. The highest BCUT2D eigenvalue weighted by molar-refractivity contribution is 8.49. The second-order valence-electron chi connectivity index (χ2n) is 2.40. The van der Waals surface area contributed by atoms with Gasteiger partial charge in [0.1, 0.15) is 7.85 Å². The highest BCUT2D eigenvalue weighted by Crippen LogP contribution is 2.34. The molecule has 58 valence electrons. The zero-order valence-electron chi connectivity index (χ0n) is 7.27. The van der Waals surface area contributed by atoms with Crippen LogP contribution in [0.1, 0.15) is 20.3 Å². The molecule has 0 nitrogen and oxygen atoms in total. The molecule has 0 aliphatic heterocycles. The minimum Gasteiger partial charge on any atom is -0.140 e. The van der Waals surface area contributed by atoms with Crippen LogP contribution in [-0.4, -0.2) is 19.8 Å². The lowest BCUT2D eigenvalue weighted by molar-refractivity contribution is 1.15. The van der Waals surface area contributed by atoms with Crippen molar-refractivity contribution < 1.29 is 0 Å². The summed E-state index contributed by atoms with van der Waals surface area (Å²) in [5.41, 5.74) is 2.34. The van der Waals surface area contributed by atoms with E-state index in [1.54, 1.807) is 5.47 Å². The van der Waals surface area contributed by atoms with Gasteiger partial charge in [-0.3, -0.25) is 0 Å². The normalized spacial score (nSPS) is 16.5. The molecule has 2 unspecified atom stereocenters. The summed E-state index contributed by atoms with van der Waals surface area (Å²) in [7, 11) is 3.26. The zero-order chi connectivity index (χ0) is 7.98. The van der Waals surface area contributed by atoms with Crippen LogP contribution in [0.2, 0.25) is 0 Å². The molecule has 0 spiro atoms. The van der Waals surface area contributed by atoms with Gasteiger partial charge in [-0.1, -0.05) is 27.7 Å². The highest BCUT2D eigenvalue weighted by Gasteiger charge is 2.00. The fourth-order valence-electron chi connectivity index (χ4n) is 0.768. The lowest BCUT2D eigenvalue weighted by Gasteiger charge is -2.09. The van der Waals surface area contributed by atoms with Gasteiger partial charge in [0.05, 0.1) is 0 Å². The van der Waals surface area contributed by atoms with Crippen LogP contribution >= 0.6 is 19.2 Å². The molecule has 0 bridgehead atoms. The Morgan fingerprint density at radius 2 is 2.40 bits per heavy atom. The summed E-state index contributed by atoms with van der Waals surface area (Å²) < 4.78 is 0. The van der Waals surface area contributed by atoms with Crippen molar-refractivity contribution in [2.75, 3.05) is 6.26 Å². The lowest BCUT2D eigenvalue weighted by Crippen LogP contribution is -1.97. The molecule has 0 aromatic carbocycles. The molecule has 0 amide bonds. The third-order valence-electron chi connectivity index (χ3n) is 1.50.